The molecule has 2 aliphatic heterocycles. The van der Waals surface area contributed by atoms with E-state index >= 15 is 0 Å². The van der Waals surface area contributed by atoms with Crippen LogP contribution in [0, 0.1) is 0 Å². The summed E-state index contributed by atoms with van der Waals surface area (Å²) in [6.07, 6.45) is -5.55. The molecule has 29 heavy (non-hydrogen) atoms. The summed E-state index contributed by atoms with van der Waals surface area (Å²) < 4.78 is 50.5. The SMILES string of the molecule is CC1Oc2ccccc2OC1C(=O)N1CCN(c2cccc(C(F)(F)F)c2)CC1. The molecule has 2 heterocycles. The van der Waals surface area contributed by atoms with Gasteiger partial charge < -0.3 is 19.3 Å². The third-order valence-corrected chi connectivity index (χ3v) is 5.22. The van der Waals surface area contributed by atoms with Gasteiger partial charge in [0.1, 0.15) is 6.10 Å². The van der Waals surface area contributed by atoms with Crippen LogP contribution in [0.1, 0.15) is 12.5 Å². The van der Waals surface area contributed by atoms with E-state index in [9.17, 15) is 18.0 Å². The molecule has 5 nitrogen and oxygen atoms in total. The van der Waals surface area contributed by atoms with Gasteiger partial charge in [0.25, 0.3) is 5.91 Å². The third kappa shape index (κ3) is 3.97. The van der Waals surface area contributed by atoms with E-state index in [4.69, 9.17) is 9.47 Å². The van der Waals surface area contributed by atoms with Crippen LogP contribution in [0.3, 0.4) is 0 Å². The quantitative estimate of drug-likeness (QED) is 0.765. The molecule has 1 amide bonds. The predicted molar refractivity (Wildman–Crippen MR) is 101 cm³/mol. The Bertz CT molecular complexity index is 895. The fraction of sp³-hybridized carbons (Fsp3) is 0.381. The smallest absolute Gasteiger partial charge is 0.416 e. The number of hydrogen-bond donors (Lipinski definition) is 0. The molecule has 154 valence electrons. The summed E-state index contributed by atoms with van der Waals surface area (Å²) >= 11 is 0. The summed E-state index contributed by atoms with van der Waals surface area (Å²) in [6.45, 7) is 3.50. The summed E-state index contributed by atoms with van der Waals surface area (Å²) in [7, 11) is 0. The van der Waals surface area contributed by atoms with Crippen molar-refractivity contribution in [1.82, 2.24) is 4.90 Å². The molecule has 0 N–H and O–H groups in total. The number of amides is 1. The number of alkyl halides is 3. The second-order valence-electron chi connectivity index (χ2n) is 7.17. The molecule has 1 saturated heterocycles. The van der Waals surface area contributed by atoms with E-state index < -0.39 is 23.9 Å². The molecule has 2 unspecified atom stereocenters. The van der Waals surface area contributed by atoms with Crippen molar-refractivity contribution in [3.63, 3.8) is 0 Å². The monoisotopic (exact) mass is 406 g/mol. The van der Waals surface area contributed by atoms with E-state index in [0.717, 1.165) is 12.1 Å². The molecule has 2 aliphatic rings. The van der Waals surface area contributed by atoms with Crippen LogP contribution in [0.4, 0.5) is 18.9 Å². The zero-order valence-corrected chi connectivity index (χ0v) is 15.9. The third-order valence-electron chi connectivity index (χ3n) is 5.22. The number of piperazine rings is 1. The van der Waals surface area contributed by atoms with E-state index in [0.29, 0.717) is 43.4 Å². The van der Waals surface area contributed by atoms with Gasteiger partial charge in [-0.1, -0.05) is 18.2 Å². The number of anilines is 1. The van der Waals surface area contributed by atoms with Crippen molar-refractivity contribution in [3.05, 3.63) is 54.1 Å². The van der Waals surface area contributed by atoms with Crippen LogP contribution in [-0.2, 0) is 11.0 Å². The molecule has 2 aromatic carbocycles. The molecule has 0 radical (unpaired) electrons. The van der Waals surface area contributed by atoms with Crippen LogP contribution in [0.2, 0.25) is 0 Å². The number of para-hydroxylation sites is 2. The van der Waals surface area contributed by atoms with Crippen LogP contribution in [0.25, 0.3) is 0 Å². The molecular formula is C21H21F3N2O3. The zero-order valence-electron chi connectivity index (χ0n) is 15.9. The van der Waals surface area contributed by atoms with Gasteiger partial charge in [0.15, 0.2) is 11.5 Å². The second-order valence-corrected chi connectivity index (χ2v) is 7.17. The topological polar surface area (TPSA) is 42.0 Å². The Morgan fingerprint density at radius 3 is 2.28 bits per heavy atom. The largest absolute Gasteiger partial charge is 0.482 e. The number of halogens is 3. The van der Waals surface area contributed by atoms with Crippen LogP contribution in [0.15, 0.2) is 48.5 Å². The second kappa shape index (κ2) is 7.50. The first kappa shape index (κ1) is 19.4. The van der Waals surface area contributed by atoms with Gasteiger partial charge in [-0.05, 0) is 37.3 Å². The summed E-state index contributed by atoms with van der Waals surface area (Å²) in [5.41, 5.74) is -0.166. The molecule has 2 aromatic rings. The standard InChI is InChI=1S/C21H21F3N2O3/c1-14-19(29-18-8-3-2-7-17(18)28-14)20(27)26-11-9-25(10-12-26)16-6-4-5-15(13-16)21(22,23)24/h2-8,13-14,19H,9-12H2,1H3. The Morgan fingerprint density at radius 1 is 0.966 bits per heavy atom. The Hall–Kier alpha value is -2.90. The van der Waals surface area contributed by atoms with Gasteiger partial charge >= 0.3 is 6.18 Å². The van der Waals surface area contributed by atoms with E-state index in [2.05, 4.69) is 0 Å². The van der Waals surface area contributed by atoms with Crippen LogP contribution < -0.4 is 14.4 Å². The maximum Gasteiger partial charge on any atom is 0.416 e. The fourth-order valence-electron chi connectivity index (χ4n) is 3.63. The van der Waals surface area contributed by atoms with Crippen LogP contribution in [-0.4, -0.2) is 49.2 Å². The Kier molecular flexibility index (Phi) is 5.02. The number of ether oxygens (including phenoxy) is 2. The first-order chi connectivity index (χ1) is 13.8. The summed E-state index contributed by atoms with van der Waals surface area (Å²) in [6, 6.07) is 12.5. The van der Waals surface area contributed by atoms with Crippen molar-refractivity contribution in [2.75, 3.05) is 31.1 Å². The highest BCUT2D eigenvalue weighted by Gasteiger charge is 2.38. The molecule has 0 bridgehead atoms. The average molecular weight is 406 g/mol. The lowest BCUT2D eigenvalue weighted by atomic mass is 10.1. The maximum atomic E-state index is 13.0. The first-order valence-corrected chi connectivity index (χ1v) is 9.46. The lowest BCUT2D eigenvalue weighted by Crippen LogP contribution is -2.56. The summed E-state index contributed by atoms with van der Waals surface area (Å²) in [5.74, 6) is 0.973. The fourth-order valence-corrected chi connectivity index (χ4v) is 3.63. The number of carbonyl (C=O) groups excluding carboxylic acids is 1. The molecular weight excluding hydrogens is 385 g/mol. The Balaban J connectivity index is 1.40. The lowest BCUT2D eigenvalue weighted by molar-refractivity contribution is -0.144. The van der Waals surface area contributed by atoms with Crippen molar-refractivity contribution in [1.29, 1.82) is 0 Å². The first-order valence-electron chi connectivity index (χ1n) is 9.46. The highest BCUT2D eigenvalue weighted by Crippen LogP contribution is 2.34. The molecule has 0 aliphatic carbocycles. The van der Waals surface area contributed by atoms with Crippen molar-refractivity contribution in [2.24, 2.45) is 0 Å². The Labute approximate surface area is 166 Å². The minimum absolute atomic E-state index is 0.171. The zero-order chi connectivity index (χ0) is 20.6. The van der Waals surface area contributed by atoms with Gasteiger partial charge in [0, 0.05) is 31.9 Å². The van der Waals surface area contributed by atoms with Crippen molar-refractivity contribution in [3.8, 4) is 11.5 Å². The molecule has 1 fully saturated rings. The normalized spacial score (nSPS) is 21.8. The van der Waals surface area contributed by atoms with Gasteiger partial charge in [-0.2, -0.15) is 13.2 Å². The van der Waals surface area contributed by atoms with Crippen molar-refractivity contribution < 1.29 is 27.4 Å². The average Bonchev–Trinajstić information content (AvgIpc) is 2.72. The van der Waals surface area contributed by atoms with E-state index in [1.54, 1.807) is 30.0 Å². The number of fused-ring (bicyclic) bond motifs is 1. The van der Waals surface area contributed by atoms with E-state index in [1.807, 2.05) is 17.0 Å². The van der Waals surface area contributed by atoms with Gasteiger partial charge in [-0.15, -0.1) is 0 Å². The highest BCUT2D eigenvalue weighted by atomic mass is 19.4. The molecule has 0 spiro atoms. The van der Waals surface area contributed by atoms with E-state index in [-0.39, 0.29) is 5.91 Å². The van der Waals surface area contributed by atoms with Crippen molar-refractivity contribution >= 4 is 11.6 Å². The molecule has 4 rings (SSSR count). The van der Waals surface area contributed by atoms with Gasteiger partial charge in [-0.25, -0.2) is 0 Å². The molecule has 2 atom stereocenters. The number of nitrogens with zero attached hydrogens (tertiary/aromatic N) is 2. The van der Waals surface area contributed by atoms with Gasteiger partial charge in [0.2, 0.25) is 6.10 Å². The minimum atomic E-state index is -4.38. The maximum absolute atomic E-state index is 13.0. The van der Waals surface area contributed by atoms with Gasteiger partial charge in [-0.3, -0.25) is 4.79 Å². The van der Waals surface area contributed by atoms with E-state index in [1.165, 1.54) is 6.07 Å². The Morgan fingerprint density at radius 2 is 1.62 bits per heavy atom. The van der Waals surface area contributed by atoms with Crippen LogP contribution in [0.5, 0.6) is 11.5 Å². The van der Waals surface area contributed by atoms with Crippen LogP contribution >= 0.6 is 0 Å². The van der Waals surface area contributed by atoms with Gasteiger partial charge in [0.05, 0.1) is 5.56 Å². The summed E-state index contributed by atoms with van der Waals surface area (Å²) in [5, 5.41) is 0. The molecule has 0 saturated carbocycles. The number of rotatable bonds is 2. The van der Waals surface area contributed by atoms with Crippen molar-refractivity contribution in [2.45, 2.75) is 25.3 Å². The highest BCUT2D eigenvalue weighted by molar-refractivity contribution is 5.82. The predicted octanol–water partition coefficient (Wildman–Crippen LogP) is 3.58. The number of carbonyl (C=O) groups is 1. The minimum Gasteiger partial charge on any atom is -0.482 e. The number of hydrogen-bond acceptors (Lipinski definition) is 4. The molecule has 8 heteroatoms. The molecule has 0 aromatic heterocycles. The number of benzene rings is 2. The lowest BCUT2D eigenvalue weighted by Gasteiger charge is -2.39. The summed E-state index contributed by atoms with van der Waals surface area (Å²) in [4.78, 5) is 16.5.